The van der Waals surface area contributed by atoms with Crippen LogP contribution in [-0.4, -0.2) is 29.5 Å². The van der Waals surface area contributed by atoms with Crippen LogP contribution in [0.4, 0.5) is 0 Å². The second-order valence-electron chi connectivity index (χ2n) is 4.34. The number of aromatic hydroxyl groups is 2. The average molecular weight is 292 g/mol. The minimum Gasteiger partial charge on any atom is -0.504 e. The van der Waals surface area contributed by atoms with Gasteiger partial charge < -0.3 is 24.8 Å². The van der Waals surface area contributed by atoms with Gasteiger partial charge in [-0.1, -0.05) is 12.1 Å². The van der Waals surface area contributed by atoms with Crippen molar-refractivity contribution in [2.75, 3.05) is 14.2 Å². The highest BCUT2D eigenvalue weighted by Crippen LogP contribution is 2.26. The molecule has 0 saturated heterocycles. The van der Waals surface area contributed by atoms with Gasteiger partial charge in [0, 0.05) is 0 Å². The molecule has 0 aliphatic heterocycles. The molecule has 2 rings (SSSR count). The molecule has 2 aromatic carbocycles. The predicted octanol–water partition coefficient (Wildman–Crippen LogP) is 2.60. The number of benzene rings is 2. The molecular weight excluding hydrogens is 272 g/mol. The topological polar surface area (TPSA) is 79.2 Å². The molecule has 0 heterocycles. The SMILES string of the molecule is COc1cc(C)ccc1O.COc1cc(CO)ccc1O. The fourth-order valence-electron chi connectivity index (χ4n) is 1.61. The van der Waals surface area contributed by atoms with Crippen LogP contribution in [0.2, 0.25) is 0 Å². The first-order valence-electron chi connectivity index (χ1n) is 6.32. The molecule has 0 unspecified atom stereocenters. The van der Waals surface area contributed by atoms with E-state index in [1.54, 1.807) is 24.3 Å². The van der Waals surface area contributed by atoms with Crippen molar-refractivity contribution in [2.45, 2.75) is 13.5 Å². The molecule has 5 nitrogen and oxygen atoms in total. The molecule has 0 aromatic heterocycles. The van der Waals surface area contributed by atoms with E-state index in [0.717, 1.165) is 11.1 Å². The molecule has 21 heavy (non-hydrogen) atoms. The van der Waals surface area contributed by atoms with Crippen LogP contribution in [0.3, 0.4) is 0 Å². The molecule has 0 radical (unpaired) electrons. The Labute approximate surface area is 124 Å². The van der Waals surface area contributed by atoms with Crippen molar-refractivity contribution >= 4 is 0 Å². The molecule has 0 atom stereocenters. The van der Waals surface area contributed by atoms with Crippen molar-refractivity contribution in [3.8, 4) is 23.0 Å². The molecule has 0 fully saturated rings. The fraction of sp³-hybridized carbons (Fsp3) is 0.250. The Kier molecular flexibility index (Phi) is 6.36. The highest BCUT2D eigenvalue weighted by molar-refractivity contribution is 5.41. The number of methoxy groups -OCH3 is 2. The molecular formula is C16H20O5. The number of phenolic OH excluding ortho intramolecular Hbond substituents is 2. The van der Waals surface area contributed by atoms with Gasteiger partial charge in [-0.2, -0.15) is 0 Å². The molecule has 3 N–H and O–H groups in total. The molecule has 0 spiro atoms. The van der Waals surface area contributed by atoms with Gasteiger partial charge in [-0.25, -0.2) is 0 Å². The first-order chi connectivity index (χ1) is 10.0. The van der Waals surface area contributed by atoms with Gasteiger partial charge in [0.15, 0.2) is 23.0 Å². The van der Waals surface area contributed by atoms with Crippen molar-refractivity contribution in [3.63, 3.8) is 0 Å². The summed E-state index contributed by atoms with van der Waals surface area (Å²) in [5.74, 6) is 1.19. The Morgan fingerprint density at radius 1 is 0.857 bits per heavy atom. The summed E-state index contributed by atoms with van der Waals surface area (Å²) in [5.41, 5.74) is 1.80. The van der Waals surface area contributed by atoms with Crippen molar-refractivity contribution in [2.24, 2.45) is 0 Å². The molecule has 2 aromatic rings. The lowest BCUT2D eigenvalue weighted by molar-refractivity contribution is 0.280. The van der Waals surface area contributed by atoms with Crippen molar-refractivity contribution < 1.29 is 24.8 Å². The lowest BCUT2D eigenvalue weighted by Crippen LogP contribution is -1.87. The van der Waals surface area contributed by atoms with E-state index in [9.17, 15) is 0 Å². The van der Waals surface area contributed by atoms with Gasteiger partial charge in [0.05, 0.1) is 20.8 Å². The molecule has 114 valence electrons. The van der Waals surface area contributed by atoms with Crippen LogP contribution >= 0.6 is 0 Å². The van der Waals surface area contributed by atoms with E-state index in [1.165, 1.54) is 20.3 Å². The first-order valence-corrected chi connectivity index (χ1v) is 6.32. The largest absolute Gasteiger partial charge is 0.504 e. The zero-order valence-electron chi connectivity index (χ0n) is 12.3. The van der Waals surface area contributed by atoms with Crippen LogP contribution in [-0.2, 0) is 6.61 Å². The predicted molar refractivity (Wildman–Crippen MR) is 80.0 cm³/mol. The quantitative estimate of drug-likeness (QED) is 0.810. The van der Waals surface area contributed by atoms with E-state index in [-0.39, 0.29) is 18.1 Å². The highest BCUT2D eigenvalue weighted by Gasteiger charge is 2.00. The maximum absolute atomic E-state index is 9.12. The zero-order chi connectivity index (χ0) is 15.8. The number of rotatable bonds is 3. The smallest absolute Gasteiger partial charge is 0.160 e. The second-order valence-corrected chi connectivity index (χ2v) is 4.34. The van der Waals surface area contributed by atoms with E-state index in [1.807, 2.05) is 13.0 Å². The Bertz CT molecular complexity index is 581. The Balaban J connectivity index is 0.000000211. The number of aryl methyl sites for hydroxylation is 1. The number of aliphatic hydroxyl groups is 1. The van der Waals surface area contributed by atoms with E-state index in [0.29, 0.717) is 11.5 Å². The third-order valence-electron chi connectivity index (χ3n) is 2.76. The fourth-order valence-corrected chi connectivity index (χ4v) is 1.61. The second kappa shape index (κ2) is 8.01. The van der Waals surface area contributed by atoms with Crippen molar-refractivity contribution in [1.82, 2.24) is 0 Å². The Morgan fingerprint density at radius 2 is 1.38 bits per heavy atom. The maximum Gasteiger partial charge on any atom is 0.160 e. The van der Waals surface area contributed by atoms with Gasteiger partial charge in [0.1, 0.15) is 0 Å². The standard InChI is InChI=1S/C8H10O3.C8H10O2/c1-11-8-4-6(5-9)2-3-7(8)10;1-6-3-4-7(9)8(5-6)10-2/h2-4,9-10H,5H2,1H3;3-5,9H,1-2H3. The summed E-state index contributed by atoms with van der Waals surface area (Å²) in [6.45, 7) is 1.90. The van der Waals surface area contributed by atoms with Gasteiger partial charge in [0.25, 0.3) is 0 Å². The van der Waals surface area contributed by atoms with Crippen LogP contribution in [0, 0.1) is 6.92 Å². The van der Waals surface area contributed by atoms with Crippen LogP contribution in [0.25, 0.3) is 0 Å². The van der Waals surface area contributed by atoms with E-state index >= 15 is 0 Å². The monoisotopic (exact) mass is 292 g/mol. The van der Waals surface area contributed by atoms with Crippen LogP contribution < -0.4 is 9.47 Å². The minimum absolute atomic E-state index is 0.0450. The summed E-state index contributed by atoms with van der Waals surface area (Å²) in [4.78, 5) is 0. The van der Waals surface area contributed by atoms with Crippen LogP contribution in [0.5, 0.6) is 23.0 Å². The molecule has 0 aliphatic carbocycles. The van der Waals surface area contributed by atoms with Crippen molar-refractivity contribution in [1.29, 1.82) is 0 Å². The van der Waals surface area contributed by atoms with E-state index in [2.05, 4.69) is 0 Å². The van der Waals surface area contributed by atoms with Gasteiger partial charge in [-0.05, 0) is 42.3 Å². The summed E-state index contributed by atoms with van der Waals surface area (Å²) < 4.78 is 9.70. The lowest BCUT2D eigenvalue weighted by atomic mass is 10.2. The van der Waals surface area contributed by atoms with Gasteiger partial charge in [0.2, 0.25) is 0 Å². The summed E-state index contributed by atoms with van der Waals surface area (Å²) in [6.07, 6.45) is 0. The molecule has 5 heteroatoms. The lowest BCUT2D eigenvalue weighted by Gasteiger charge is -2.03. The average Bonchev–Trinajstić information content (AvgIpc) is 2.51. The number of aliphatic hydroxyl groups excluding tert-OH is 1. The van der Waals surface area contributed by atoms with E-state index < -0.39 is 0 Å². The van der Waals surface area contributed by atoms with Gasteiger partial charge in [-0.3, -0.25) is 0 Å². The van der Waals surface area contributed by atoms with Gasteiger partial charge >= 0.3 is 0 Å². The normalized spacial score (nSPS) is 9.52. The Morgan fingerprint density at radius 3 is 1.86 bits per heavy atom. The molecule has 0 aliphatic rings. The van der Waals surface area contributed by atoms with Crippen LogP contribution in [0.1, 0.15) is 11.1 Å². The molecule has 0 amide bonds. The first kappa shape index (κ1) is 16.7. The highest BCUT2D eigenvalue weighted by atomic mass is 16.5. The van der Waals surface area contributed by atoms with E-state index in [4.69, 9.17) is 24.8 Å². The maximum atomic E-state index is 9.12. The number of phenols is 2. The third-order valence-corrected chi connectivity index (χ3v) is 2.76. The van der Waals surface area contributed by atoms with Crippen molar-refractivity contribution in [3.05, 3.63) is 47.5 Å². The van der Waals surface area contributed by atoms with Crippen LogP contribution in [0.15, 0.2) is 36.4 Å². The zero-order valence-corrected chi connectivity index (χ0v) is 12.3. The third kappa shape index (κ3) is 4.89. The number of ether oxygens (including phenoxy) is 2. The van der Waals surface area contributed by atoms with Gasteiger partial charge in [-0.15, -0.1) is 0 Å². The minimum atomic E-state index is -0.0450. The molecule has 0 bridgehead atoms. The molecule has 0 saturated carbocycles. The Hall–Kier alpha value is -2.40. The number of hydrogen-bond acceptors (Lipinski definition) is 5. The number of hydrogen-bond donors (Lipinski definition) is 3. The summed E-state index contributed by atoms with van der Waals surface area (Å²) in [7, 11) is 3.00. The summed E-state index contributed by atoms with van der Waals surface area (Å²) >= 11 is 0. The summed E-state index contributed by atoms with van der Waals surface area (Å²) in [6, 6.07) is 9.96. The summed E-state index contributed by atoms with van der Waals surface area (Å²) in [5, 5.41) is 26.9.